The number of H-pyrrole nitrogens is 1. The number of nitrogens with zero attached hydrogens (tertiary/aromatic N) is 3. The zero-order chi connectivity index (χ0) is 81.2. The van der Waals surface area contributed by atoms with Crippen molar-refractivity contribution in [2.75, 3.05) is 79.8 Å². The number of unbranched alkanes of at least 4 members (excludes halogenated alkanes) is 1. The fraction of sp³-hybridized carbons (Fsp3) is 0.584. The van der Waals surface area contributed by atoms with Gasteiger partial charge in [-0.05, 0) is 159 Å². The van der Waals surface area contributed by atoms with Crippen LogP contribution in [0.4, 0.5) is 10.5 Å². The molecule has 111 heavy (non-hydrogen) atoms. The molecular weight excluding hydrogens is 1440 g/mol. The molecule has 12 atom stereocenters. The molecule has 1 saturated heterocycles. The van der Waals surface area contributed by atoms with Crippen molar-refractivity contribution >= 4 is 70.9 Å². The van der Waals surface area contributed by atoms with E-state index < -0.39 is 146 Å². The Bertz CT molecular complexity index is 3830. The van der Waals surface area contributed by atoms with Crippen molar-refractivity contribution in [3.05, 3.63) is 94.6 Å². The molecule has 610 valence electrons. The summed E-state index contributed by atoms with van der Waals surface area (Å²) in [7, 11) is 6.49. The average Bonchev–Trinajstić information content (AvgIpc) is 0.912. The number of aromatic amines is 1. The van der Waals surface area contributed by atoms with Crippen LogP contribution in [0, 0.1) is 23.7 Å². The number of imidazole rings is 1. The summed E-state index contributed by atoms with van der Waals surface area (Å²) < 4.78 is 29.1. The van der Waals surface area contributed by atoms with Crippen LogP contribution in [0.1, 0.15) is 151 Å². The van der Waals surface area contributed by atoms with Gasteiger partial charge < -0.3 is 108 Å². The van der Waals surface area contributed by atoms with E-state index in [0.717, 1.165) is 43.5 Å². The van der Waals surface area contributed by atoms with Crippen LogP contribution in [-0.4, -0.2) is 223 Å². The molecule has 34 heteroatoms. The van der Waals surface area contributed by atoms with Gasteiger partial charge in [-0.2, -0.15) is 0 Å². The predicted octanol–water partition coefficient (Wildman–Crippen LogP) is 1.26. The number of amides is 11. The van der Waals surface area contributed by atoms with E-state index >= 15 is 0 Å². The number of carbonyl (C=O) groups excluding carboxylic acids is 11. The maximum atomic E-state index is 14.6. The highest BCUT2D eigenvalue weighted by Crippen LogP contribution is 2.49. The number of aliphatic hydroxyl groups excluding tert-OH is 3. The normalized spacial score (nSPS) is 18.0. The maximum absolute atomic E-state index is 14.6. The molecular formula is C77H113N15O19. The first-order valence-corrected chi connectivity index (χ1v) is 37.8. The Morgan fingerprint density at radius 1 is 0.586 bits per heavy atom. The van der Waals surface area contributed by atoms with E-state index in [1.807, 2.05) is 30.9 Å². The summed E-state index contributed by atoms with van der Waals surface area (Å²) in [5.74, 6) is -6.47. The van der Waals surface area contributed by atoms with Gasteiger partial charge in [0.15, 0.2) is 23.0 Å². The minimum atomic E-state index is -1.77. The van der Waals surface area contributed by atoms with Crippen LogP contribution in [0.15, 0.2) is 61.1 Å². The minimum absolute atomic E-state index is 0.0602. The number of fused-ring (bicyclic) bond motifs is 4. The third-order valence-corrected chi connectivity index (χ3v) is 20.3. The van der Waals surface area contributed by atoms with Gasteiger partial charge in [-0.3, -0.25) is 52.8 Å². The molecule has 0 aliphatic carbocycles. The molecule has 0 unspecified atom stereocenters. The summed E-state index contributed by atoms with van der Waals surface area (Å²) >= 11 is 0. The maximum Gasteiger partial charge on any atom is 0.410 e. The number of benzene rings is 3. The summed E-state index contributed by atoms with van der Waals surface area (Å²) in [6.07, 6.45) is 5.86. The molecule has 3 aliphatic rings. The lowest BCUT2D eigenvalue weighted by Gasteiger charge is -2.49. The molecule has 0 saturated carbocycles. The second-order valence-electron chi connectivity index (χ2n) is 29.2. The standard InChI is InChI=1S/C77H113N15O19/c1-11-46-36-91-24-21-47-30-64(107-7)66(109-9)33-52(47)62(91)28-49(46)29-63-53-34-67(110-10)65(108-8)31-48(53)22-25-92(63)77(106)111-40-45-15-17-50(18-16-45)83-71(100)56(26-42(2)3)87-75(104)60(38-94)88-70(99)55(19-20-68(79)97)85-72(101)57(27-43(4)5)86-69(98)54(14-12-13-23-78)84-74(103)59(37-93)90-76(105)61(39-95)89-73(102)58(82-44(6)96)32-51-35-80-41-81-51/h15-18,30-31,33-35,41-43,46,49,54-63,93-95H,11-14,19-29,32,36-40,78H2,1-10H3,(H2,79,97)(H,80,81)(H,82,96)(H,83,100)(H,84,103)(H,85,101)(H,86,98)(H,87,104)(H,88,99)(H,89,102)(H,90,105)/t46-,49+,54-,55-,56-,57-,58-,59-,60-,61-,62-,63+/m0/s1. The fourth-order valence-electron chi connectivity index (χ4n) is 14.5. The van der Waals surface area contributed by atoms with Crippen molar-refractivity contribution in [1.29, 1.82) is 0 Å². The van der Waals surface area contributed by atoms with Gasteiger partial charge in [-0.1, -0.05) is 53.2 Å². The van der Waals surface area contributed by atoms with Gasteiger partial charge in [-0.15, -0.1) is 0 Å². The molecule has 17 N–H and O–H groups in total. The fourth-order valence-corrected chi connectivity index (χ4v) is 14.5. The van der Waals surface area contributed by atoms with Crippen LogP contribution in [0.5, 0.6) is 23.0 Å². The predicted molar refractivity (Wildman–Crippen MR) is 407 cm³/mol. The molecule has 34 nitrogen and oxygen atoms in total. The molecule has 4 heterocycles. The summed E-state index contributed by atoms with van der Waals surface area (Å²) in [6.45, 7) is 9.79. The van der Waals surface area contributed by atoms with Crippen LogP contribution in [0.25, 0.3) is 0 Å². The smallest absolute Gasteiger partial charge is 0.410 e. The number of aromatic nitrogens is 2. The number of piperidine rings is 1. The van der Waals surface area contributed by atoms with Gasteiger partial charge in [0.1, 0.15) is 54.9 Å². The van der Waals surface area contributed by atoms with E-state index in [-0.39, 0.29) is 75.1 Å². The SMILES string of the molecule is CC[C@H]1CN2CCc3cc(OC)c(OC)cc3[C@@H]2C[C@@H]1C[C@@H]1c2cc(OC)c(OC)cc2CCN1C(=O)OCc1ccc(NC(=O)[C@H](CC(C)C)NC(=O)[C@H](CO)NC(=O)[C@H](CCC(N)=O)NC(=O)[C@H](CC(C)C)NC(=O)[C@H](CCCCN)NC(=O)[C@H](CO)NC(=O)[C@H](CO)NC(=O)[C@H](Cc2cnc[nH]2)NC(C)=O)cc1. The first kappa shape index (κ1) is 88.1. The minimum Gasteiger partial charge on any atom is -0.493 e. The molecule has 4 aromatic rings. The lowest BCUT2D eigenvalue weighted by molar-refractivity contribution is -0.137. The van der Waals surface area contributed by atoms with Crippen LogP contribution >= 0.6 is 0 Å². The van der Waals surface area contributed by atoms with E-state index in [9.17, 15) is 68.1 Å². The van der Waals surface area contributed by atoms with Gasteiger partial charge in [0.25, 0.3) is 0 Å². The van der Waals surface area contributed by atoms with Crippen molar-refractivity contribution in [2.45, 2.75) is 192 Å². The summed E-state index contributed by atoms with van der Waals surface area (Å²) in [5.41, 5.74) is 17.2. The topological polar surface area (TPSA) is 490 Å². The Kier molecular flexibility index (Phi) is 34.0. The molecule has 0 radical (unpaired) electrons. The van der Waals surface area contributed by atoms with Crippen LogP contribution in [0.3, 0.4) is 0 Å². The number of nitrogens with one attached hydrogen (secondary N) is 10. The lowest BCUT2D eigenvalue weighted by Crippen LogP contribution is -2.61. The van der Waals surface area contributed by atoms with E-state index in [1.54, 1.807) is 66.6 Å². The number of anilines is 1. The number of rotatable bonds is 42. The first-order valence-electron chi connectivity index (χ1n) is 37.8. The van der Waals surface area contributed by atoms with Gasteiger partial charge >= 0.3 is 6.09 Å². The van der Waals surface area contributed by atoms with Crippen molar-refractivity contribution in [3.63, 3.8) is 0 Å². The number of hydrogen-bond acceptors (Lipinski definition) is 22. The number of hydrogen-bond donors (Lipinski definition) is 15. The molecule has 7 rings (SSSR count). The molecule has 11 amide bonds. The van der Waals surface area contributed by atoms with Gasteiger partial charge in [-0.25, -0.2) is 9.78 Å². The molecule has 3 aromatic carbocycles. The molecule has 0 spiro atoms. The lowest BCUT2D eigenvalue weighted by atomic mass is 9.72. The van der Waals surface area contributed by atoms with E-state index in [0.29, 0.717) is 71.7 Å². The number of carbonyl (C=O) groups is 11. The average molecular weight is 1550 g/mol. The van der Waals surface area contributed by atoms with Gasteiger partial charge in [0, 0.05) is 63.0 Å². The molecule has 3 aliphatic heterocycles. The second kappa shape index (κ2) is 42.9. The van der Waals surface area contributed by atoms with E-state index in [2.05, 4.69) is 81.8 Å². The Morgan fingerprint density at radius 3 is 1.56 bits per heavy atom. The Labute approximate surface area is 646 Å². The zero-order valence-electron chi connectivity index (χ0n) is 65.1. The Balaban J connectivity index is 0.978. The zero-order valence-corrected chi connectivity index (χ0v) is 65.1. The number of primary amides is 1. The van der Waals surface area contributed by atoms with Gasteiger partial charge in [0.05, 0.1) is 60.6 Å². The van der Waals surface area contributed by atoms with Crippen LogP contribution in [0.2, 0.25) is 0 Å². The molecule has 0 bridgehead atoms. The van der Waals surface area contributed by atoms with Crippen molar-refractivity contribution < 1.29 is 91.7 Å². The third kappa shape index (κ3) is 24.9. The number of nitrogens with two attached hydrogens (primary N) is 2. The van der Waals surface area contributed by atoms with E-state index in [1.165, 1.54) is 30.6 Å². The number of aliphatic hydroxyl groups is 3. The van der Waals surface area contributed by atoms with Crippen LogP contribution in [-0.2, 0) is 78.6 Å². The van der Waals surface area contributed by atoms with Gasteiger partial charge in [0.2, 0.25) is 59.1 Å². The molecule has 1 fully saturated rings. The Hall–Kier alpha value is -10.2. The highest BCUT2D eigenvalue weighted by atomic mass is 16.6. The van der Waals surface area contributed by atoms with Crippen LogP contribution < -0.4 is 78.3 Å². The highest BCUT2D eigenvalue weighted by molar-refractivity contribution is 6.00. The number of ether oxygens (including phenoxy) is 5. The highest BCUT2D eigenvalue weighted by Gasteiger charge is 2.44. The summed E-state index contributed by atoms with van der Waals surface area (Å²) in [5, 5.41) is 53.5. The second-order valence-corrected chi connectivity index (χ2v) is 29.2. The quantitative estimate of drug-likeness (QED) is 0.0278. The number of methoxy groups -OCH3 is 4. The summed E-state index contributed by atoms with van der Waals surface area (Å²) in [6, 6.07) is 2.47. The summed E-state index contributed by atoms with van der Waals surface area (Å²) in [4.78, 5) is 161. The van der Waals surface area contributed by atoms with Crippen molar-refractivity contribution in [1.82, 2.24) is 62.3 Å². The van der Waals surface area contributed by atoms with E-state index in [4.69, 9.17) is 35.2 Å². The first-order chi connectivity index (χ1) is 53.1. The monoisotopic (exact) mass is 1550 g/mol. The third-order valence-electron chi connectivity index (χ3n) is 20.3. The van der Waals surface area contributed by atoms with Crippen molar-refractivity contribution in [2.24, 2.45) is 35.1 Å². The largest absolute Gasteiger partial charge is 0.493 e. The molecule has 1 aromatic heterocycles. The Morgan fingerprint density at radius 2 is 1.06 bits per heavy atom. The van der Waals surface area contributed by atoms with Crippen molar-refractivity contribution in [3.8, 4) is 23.0 Å².